The quantitative estimate of drug-likeness (QED) is 0.0222. The minimum absolute atomic E-state index is 0.103. The van der Waals surface area contributed by atoms with E-state index < -0.39 is 97.5 Å². The SMILES string of the molecule is CCC(C)CCCCCCCCCCCCCCCCC(=O)OC[C@H](COP(=O)(O)OCC(O)COP(=O)(O)OC[C@@H](COC(=O)CCCCCCCCCC(C)C)OC(=O)CCCCCCCCCC(C)C)OC(=O)CCCCCCCCCCCCCCCCCCCCC(C)C. The Morgan fingerprint density at radius 2 is 0.485 bits per heavy atom. The monoisotopic (exact) mass is 1450 g/mol. The molecule has 0 bridgehead atoms. The van der Waals surface area contributed by atoms with Gasteiger partial charge in [-0.2, -0.15) is 0 Å². The van der Waals surface area contributed by atoms with Crippen LogP contribution in [0.5, 0.6) is 0 Å². The molecular formula is C80H156O17P2. The summed E-state index contributed by atoms with van der Waals surface area (Å²) in [6, 6.07) is 0. The van der Waals surface area contributed by atoms with Crippen LogP contribution in [0.15, 0.2) is 0 Å². The second kappa shape index (κ2) is 69.1. The van der Waals surface area contributed by atoms with E-state index in [-0.39, 0.29) is 25.7 Å². The third-order valence-electron chi connectivity index (χ3n) is 18.9. The van der Waals surface area contributed by atoms with Crippen molar-refractivity contribution in [3.8, 4) is 0 Å². The van der Waals surface area contributed by atoms with Crippen LogP contribution in [0.2, 0.25) is 0 Å². The molecule has 0 aromatic rings. The summed E-state index contributed by atoms with van der Waals surface area (Å²) in [7, 11) is -9.92. The standard InChI is InChI=1S/C80H156O17P2/c1-9-73(8)59-51-43-35-27-23-19-16-17-20-24-28-36-44-52-60-77(82)90-66-75(96-79(84)62-54-46-37-29-25-21-15-13-11-10-12-14-18-22-26-32-40-48-56-70(2)3)68-94-98(86,87)92-64-74(81)65-93-99(88,89)95-69-76(97-80(85)63-55-47-39-31-34-42-50-58-72(6)7)67-91-78(83)61-53-45-38-30-33-41-49-57-71(4)5/h70-76,81H,9-69H2,1-8H3,(H,86,87)(H,88,89)/t73?,74?,75-,76-/m1/s1. The number of phosphoric ester groups is 2. The number of aliphatic hydroxyl groups is 1. The number of carbonyl (C=O) groups excluding carboxylic acids is 4. The largest absolute Gasteiger partial charge is 0.472 e. The minimum atomic E-state index is -4.96. The number of hydrogen-bond acceptors (Lipinski definition) is 15. The van der Waals surface area contributed by atoms with Crippen LogP contribution in [0.3, 0.4) is 0 Å². The molecule has 0 fully saturated rings. The highest BCUT2D eigenvalue weighted by atomic mass is 31.2. The number of rotatable bonds is 77. The lowest BCUT2D eigenvalue weighted by Crippen LogP contribution is -2.30. The second-order valence-corrected chi connectivity index (χ2v) is 33.4. The Hall–Kier alpha value is -1.94. The Bertz CT molecular complexity index is 1940. The molecule has 0 saturated carbocycles. The maximum atomic E-state index is 13.1. The van der Waals surface area contributed by atoms with Gasteiger partial charge in [0.1, 0.15) is 19.3 Å². The molecule has 0 saturated heterocycles. The first-order chi connectivity index (χ1) is 47.6. The van der Waals surface area contributed by atoms with Gasteiger partial charge in [0.05, 0.1) is 26.4 Å². The van der Waals surface area contributed by atoms with E-state index in [4.69, 9.17) is 37.0 Å². The molecule has 3 N–H and O–H groups in total. The first-order valence-electron chi connectivity index (χ1n) is 41.2. The van der Waals surface area contributed by atoms with Gasteiger partial charge in [-0.3, -0.25) is 37.3 Å². The van der Waals surface area contributed by atoms with Gasteiger partial charge in [-0.25, -0.2) is 9.13 Å². The molecular weight excluding hydrogens is 1290 g/mol. The Balaban J connectivity index is 5.20. The molecule has 17 nitrogen and oxygen atoms in total. The van der Waals surface area contributed by atoms with Crippen molar-refractivity contribution in [2.24, 2.45) is 23.7 Å². The molecule has 99 heavy (non-hydrogen) atoms. The van der Waals surface area contributed by atoms with Crippen molar-refractivity contribution in [2.75, 3.05) is 39.6 Å². The smallest absolute Gasteiger partial charge is 0.462 e. The van der Waals surface area contributed by atoms with Crippen molar-refractivity contribution >= 4 is 39.5 Å². The van der Waals surface area contributed by atoms with E-state index in [0.717, 1.165) is 108 Å². The van der Waals surface area contributed by atoms with Crippen molar-refractivity contribution in [3.63, 3.8) is 0 Å². The van der Waals surface area contributed by atoms with Crippen molar-refractivity contribution in [1.82, 2.24) is 0 Å². The maximum Gasteiger partial charge on any atom is 0.472 e. The number of aliphatic hydroxyl groups excluding tert-OH is 1. The molecule has 0 aliphatic rings. The van der Waals surface area contributed by atoms with Crippen molar-refractivity contribution in [3.05, 3.63) is 0 Å². The van der Waals surface area contributed by atoms with E-state index in [1.54, 1.807) is 0 Å². The van der Waals surface area contributed by atoms with Crippen LogP contribution >= 0.6 is 15.6 Å². The Kier molecular flexibility index (Phi) is 67.8. The lowest BCUT2D eigenvalue weighted by atomic mass is 9.99. The summed E-state index contributed by atoms with van der Waals surface area (Å²) in [5.41, 5.74) is 0. The number of hydrogen-bond donors (Lipinski definition) is 3. The Morgan fingerprint density at radius 1 is 0.283 bits per heavy atom. The van der Waals surface area contributed by atoms with Gasteiger partial charge < -0.3 is 33.8 Å². The zero-order valence-corrected chi connectivity index (χ0v) is 66.9. The molecule has 0 spiro atoms. The molecule has 0 radical (unpaired) electrons. The fraction of sp³-hybridized carbons (Fsp3) is 0.950. The predicted molar refractivity (Wildman–Crippen MR) is 404 cm³/mol. The van der Waals surface area contributed by atoms with Crippen LogP contribution in [-0.4, -0.2) is 96.7 Å². The topological polar surface area (TPSA) is 237 Å². The van der Waals surface area contributed by atoms with Gasteiger partial charge in [0, 0.05) is 25.7 Å². The van der Waals surface area contributed by atoms with Gasteiger partial charge >= 0.3 is 39.5 Å². The van der Waals surface area contributed by atoms with E-state index in [9.17, 15) is 43.2 Å². The molecule has 588 valence electrons. The van der Waals surface area contributed by atoms with Gasteiger partial charge in [0.2, 0.25) is 0 Å². The molecule has 0 aromatic carbocycles. The van der Waals surface area contributed by atoms with Crippen LogP contribution < -0.4 is 0 Å². The van der Waals surface area contributed by atoms with Gasteiger partial charge in [-0.1, -0.05) is 357 Å². The average molecular weight is 1450 g/mol. The Labute approximate surface area is 607 Å². The normalized spacial score (nSPS) is 14.3. The van der Waals surface area contributed by atoms with E-state index >= 15 is 0 Å². The molecule has 0 aromatic heterocycles. The third kappa shape index (κ3) is 72.8. The van der Waals surface area contributed by atoms with Crippen LogP contribution in [-0.2, 0) is 65.4 Å². The number of carbonyl (C=O) groups is 4. The van der Waals surface area contributed by atoms with Crippen molar-refractivity contribution < 1.29 is 80.2 Å². The Morgan fingerprint density at radius 3 is 0.717 bits per heavy atom. The number of unbranched alkanes of at least 4 members (excludes halogenated alkanes) is 42. The van der Waals surface area contributed by atoms with Crippen molar-refractivity contribution in [1.29, 1.82) is 0 Å². The van der Waals surface area contributed by atoms with E-state index in [1.807, 2.05) is 0 Å². The summed E-state index contributed by atoms with van der Waals surface area (Å²) >= 11 is 0. The average Bonchev–Trinajstić information content (AvgIpc) is 1.04. The molecule has 0 heterocycles. The van der Waals surface area contributed by atoms with Gasteiger partial charge in [-0.05, 0) is 49.4 Å². The lowest BCUT2D eigenvalue weighted by molar-refractivity contribution is -0.161. The molecule has 4 unspecified atom stereocenters. The molecule has 0 amide bonds. The summed E-state index contributed by atoms with van der Waals surface area (Å²) in [5.74, 6) is 0.952. The van der Waals surface area contributed by atoms with E-state index in [2.05, 4.69) is 55.4 Å². The second-order valence-electron chi connectivity index (χ2n) is 30.5. The summed E-state index contributed by atoms with van der Waals surface area (Å²) in [4.78, 5) is 72.9. The first-order valence-corrected chi connectivity index (χ1v) is 44.2. The van der Waals surface area contributed by atoms with Crippen LogP contribution in [0, 0.1) is 23.7 Å². The third-order valence-corrected chi connectivity index (χ3v) is 20.8. The molecule has 0 aliphatic heterocycles. The maximum absolute atomic E-state index is 13.1. The van der Waals surface area contributed by atoms with Gasteiger partial charge in [0.15, 0.2) is 12.2 Å². The number of esters is 4. The zero-order valence-electron chi connectivity index (χ0n) is 65.1. The highest BCUT2D eigenvalue weighted by Gasteiger charge is 2.30. The van der Waals surface area contributed by atoms with Crippen molar-refractivity contribution in [2.45, 2.75) is 427 Å². The summed E-state index contributed by atoms with van der Waals surface area (Å²) in [6.07, 6.45) is 55.8. The highest BCUT2D eigenvalue weighted by molar-refractivity contribution is 7.47. The fourth-order valence-corrected chi connectivity index (χ4v) is 13.8. The lowest BCUT2D eigenvalue weighted by Gasteiger charge is -2.21. The van der Waals surface area contributed by atoms with Crippen LogP contribution in [0.4, 0.5) is 0 Å². The molecule has 19 heteroatoms. The van der Waals surface area contributed by atoms with Gasteiger partial charge in [-0.15, -0.1) is 0 Å². The number of phosphoric acid groups is 2. The highest BCUT2D eigenvalue weighted by Crippen LogP contribution is 2.45. The zero-order chi connectivity index (χ0) is 73.1. The predicted octanol–water partition coefficient (Wildman–Crippen LogP) is 23.6. The molecule has 0 aliphatic carbocycles. The van der Waals surface area contributed by atoms with Crippen LogP contribution in [0.25, 0.3) is 0 Å². The fourth-order valence-electron chi connectivity index (χ4n) is 12.2. The molecule has 6 atom stereocenters. The minimum Gasteiger partial charge on any atom is -0.462 e. The van der Waals surface area contributed by atoms with E-state index in [0.29, 0.717) is 37.5 Å². The first kappa shape index (κ1) is 97.1. The summed E-state index contributed by atoms with van der Waals surface area (Å²) in [6.45, 7) is 14.2. The van der Waals surface area contributed by atoms with E-state index in [1.165, 1.54) is 205 Å². The summed E-state index contributed by atoms with van der Waals surface area (Å²) < 4.78 is 68.6. The van der Waals surface area contributed by atoms with Crippen LogP contribution in [0.1, 0.15) is 409 Å². The summed E-state index contributed by atoms with van der Waals surface area (Å²) in [5, 5.41) is 10.6. The van der Waals surface area contributed by atoms with Gasteiger partial charge in [0.25, 0.3) is 0 Å². The molecule has 0 rings (SSSR count). The number of ether oxygens (including phenoxy) is 4.